The van der Waals surface area contributed by atoms with Gasteiger partial charge in [0.2, 0.25) is 5.91 Å². The summed E-state index contributed by atoms with van der Waals surface area (Å²) in [5.74, 6) is -0.734. The average molecular weight is 413 g/mol. The molecule has 0 radical (unpaired) electrons. The number of carboxylic acid groups (broad SMARTS) is 1. The molecule has 0 bridgehead atoms. The number of carbonyl (C=O) groups excluding carboxylic acids is 1. The second-order valence-electron chi connectivity index (χ2n) is 6.71. The number of amides is 1. The first-order valence-corrected chi connectivity index (χ1v) is 10.1. The molecule has 0 aliphatic heterocycles. The maximum atomic E-state index is 12.0. The van der Waals surface area contributed by atoms with Crippen LogP contribution in [0, 0.1) is 5.92 Å². The number of aromatic nitrogens is 1. The zero-order valence-electron chi connectivity index (χ0n) is 14.8. The summed E-state index contributed by atoms with van der Waals surface area (Å²) in [5, 5.41) is 13.5. The Morgan fingerprint density at radius 1 is 1.14 bits per heavy atom. The summed E-state index contributed by atoms with van der Waals surface area (Å²) in [6.07, 6.45) is 1.79. The molecule has 142 valence electrons. The molecule has 0 atom stereocenters. The summed E-state index contributed by atoms with van der Waals surface area (Å²) in [6, 6.07) is 14.7. The number of halogens is 1. The fourth-order valence-electron chi connectivity index (χ4n) is 2.89. The molecule has 1 aromatic heterocycles. The number of carboxylic acids is 1. The zero-order valence-corrected chi connectivity index (χ0v) is 16.4. The minimum Gasteiger partial charge on any atom is -0.481 e. The van der Waals surface area contributed by atoms with Crippen LogP contribution in [0.4, 0.5) is 5.69 Å². The lowest BCUT2D eigenvalue weighted by molar-refractivity contribution is -0.136. The Hall–Kier alpha value is -2.70. The standard InChI is InChI=1S/C21H17ClN2O3S/c22-15-8-6-12(7-9-15)19-17(11-18(25)26)28-21(24-19)14-2-1-3-16(10-14)23-20(27)13-4-5-13/h1-3,6-10,13H,4-5,11H2,(H,23,27)(H,25,26). The van der Waals surface area contributed by atoms with Gasteiger partial charge in [0.05, 0.1) is 12.1 Å². The molecule has 1 heterocycles. The largest absolute Gasteiger partial charge is 0.481 e. The van der Waals surface area contributed by atoms with E-state index >= 15 is 0 Å². The normalized spacial score (nSPS) is 13.3. The van der Waals surface area contributed by atoms with E-state index in [-0.39, 0.29) is 18.2 Å². The fourth-order valence-corrected chi connectivity index (χ4v) is 4.08. The Balaban J connectivity index is 1.68. The van der Waals surface area contributed by atoms with Crippen LogP contribution in [0.3, 0.4) is 0 Å². The molecule has 1 aliphatic rings. The summed E-state index contributed by atoms with van der Waals surface area (Å²) in [6.45, 7) is 0. The van der Waals surface area contributed by atoms with Gasteiger partial charge in [-0.15, -0.1) is 11.3 Å². The van der Waals surface area contributed by atoms with Gasteiger partial charge in [-0.1, -0.05) is 35.9 Å². The van der Waals surface area contributed by atoms with Crippen molar-refractivity contribution in [3.05, 3.63) is 58.4 Å². The highest BCUT2D eigenvalue weighted by Gasteiger charge is 2.29. The first-order chi connectivity index (χ1) is 13.5. The van der Waals surface area contributed by atoms with Gasteiger partial charge in [0.25, 0.3) is 0 Å². The Labute approximate surface area is 171 Å². The third-order valence-corrected chi connectivity index (χ3v) is 5.81. The molecule has 28 heavy (non-hydrogen) atoms. The van der Waals surface area contributed by atoms with Gasteiger partial charge in [0.15, 0.2) is 0 Å². The van der Waals surface area contributed by atoms with Crippen molar-refractivity contribution in [3.8, 4) is 21.8 Å². The maximum absolute atomic E-state index is 12.0. The van der Waals surface area contributed by atoms with Gasteiger partial charge in [-0.2, -0.15) is 0 Å². The van der Waals surface area contributed by atoms with E-state index in [1.807, 2.05) is 36.4 Å². The Morgan fingerprint density at radius 2 is 1.89 bits per heavy atom. The molecule has 1 aliphatic carbocycles. The second-order valence-corrected chi connectivity index (χ2v) is 8.23. The average Bonchev–Trinajstić information content (AvgIpc) is 3.44. The topological polar surface area (TPSA) is 79.3 Å². The van der Waals surface area contributed by atoms with E-state index in [0.717, 1.165) is 29.7 Å². The Morgan fingerprint density at radius 3 is 2.57 bits per heavy atom. The van der Waals surface area contributed by atoms with E-state index in [2.05, 4.69) is 5.32 Å². The summed E-state index contributed by atoms with van der Waals surface area (Å²) in [5.41, 5.74) is 3.02. The molecule has 1 saturated carbocycles. The number of hydrogen-bond donors (Lipinski definition) is 2. The Kier molecular flexibility index (Phi) is 5.15. The number of thiazole rings is 1. The third kappa shape index (κ3) is 4.24. The van der Waals surface area contributed by atoms with Crippen LogP contribution in [-0.2, 0) is 16.0 Å². The minimum absolute atomic E-state index is 0.0460. The van der Waals surface area contributed by atoms with Gasteiger partial charge in [0, 0.05) is 32.6 Å². The molecule has 2 N–H and O–H groups in total. The molecule has 0 unspecified atom stereocenters. The highest BCUT2D eigenvalue weighted by atomic mass is 35.5. The molecule has 7 heteroatoms. The monoisotopic (exact) mass is 412 g/mol. The number of nitrogens with zero attached hydrogens (tertiary/aromatic N) is 1. The summed E-state index contributed by atoms with van der Waals surface area (Å²) in [4.78, 5) is 28.7. The van der Waals surface area contributed by atoms with E-state index in [4.69, 9.17) is 16.6 Å². The number of carbonyl (C=O) groups is 2. The quantitative estimate of drug-likeness (QED) is 0.589. The lowest BCUT2D eigenvalue weighted by Crippen LogP contribution is -2.13. The van der Waals surface area contributed by atoms with Crippen LogP contribution in [0.2, 0.25) is 5.02 Å². The fraction of sp³-hybridized carbons (Fsp3) is 0.190. The highest BCUT2D eigenvalue weighted by molar-refractivity contribution is 7.15. The minimum atomic E-state index is -0.907. The molecule has 2 aromatic carbocycles. The molecule has 1 fully saturated rings. The van der Waals surface area contributed by atoms with Crippen LogP contribution >= 0.6 is 22.9 Å². The van der Waals surface area contributed by atoms with Crippen molar-refractivity contribution >= 4 is 40.5 Å². The van der Waals surface area contributed by atoms with Crippen LogP contribution in [0.5, 0.6) is 0 Å². The van der Waals surface area contributed by atoms with Crippen LogP contribution in [0.1, 0.15) is 17.7 Å². The number of benzene rings is 2. The van der Waals surface area contributed by atoms with Crippen molar-refractivity contribution in [3.63, 3.8) is 0 Å². The van der Waals surface area contributed by atoms with E-state index in [1.165, 1.54) is 11.3 Å². The maximum Gasteiger partial charge on any atom is 0.308 e. The predicted molar refractivity (Wildman–Crippen MR) is 111 cm³/mol. The SMILES string of the molecule is O=C(O)Cc1sc(-c2cccc(NC(=O)C3CC3)c2)nc1-c1ccc(Cl)cc1. The van der Waals surface area contributed by atoms with Crippen molar-refractivity contribution in [1.82, 2.24) is 4.98 Å². The molecule has 0 spiro atoms. The molecule has 1 amide bonds. The molecule has 3 aromatic rings. The van der Waals surface area contributed by atoms with Crippen LogP contribution < -0.4 is 5.32 Å². The predicted octanol–water partition coefficient (Wildman–Crippen LogP) is 5.11. The number of rotatable bonds is 6. The first kappa shape index (κ1) is 18.7. The second kappa shape index (κ2) is 7.73. The third-order valence-electron chi connectivity index (χ3n) is 4.45. The van der Waals surface area contributed by atoms with Gasteiger partial charge < -0.3 is 10.4 Å². The van der Waals surface area contributed by atoms with Crippen molar-refractivity contribution in [2.45, 2.75) is 19.3 Å². The van der Waals surface area contributed by atoms with Crippen LogP contribution in [-0.4, -0.2) is 22.0 Å². The van der Waals surface area contributed by atoms with E-state index in [1.54, 1.807) is 12.1 Å². The van der Waals surface area contributed by atoms with Gasteiger partial charge in [-0.05, 0) is 37.1 Å². The van der Waals surface area contributed by atoms with Gasteiger partial charge >= 0.3 is 5.97 Å². The lowest BCUT2D eigenvalue weighted by Gasteiger charge is -2.05. The van der Waals surface area contributed by atoms with Gasteiger partial charge in [-0.3, -0.25) is 9.59 Å². The molecule has 0 saturated heterocycles. The van der Waals surface area contributed by atoms with Crippen LogP contribution in [0.25, 0.3) is 21.8 Å². The van der Waals surface area contributed by atoms with Gasteiger partial charge in [-0.25, -0.2) is 4.98 Å². The van der Waals surface area contributed by atoms with E-state index in [9.17, 15) is 14.7 Å². The molecular weight excluding hydrogens is 396 g/mol. The molecule has 4 rings (SSSR count). The smallest absolute Gasteiger partial charge is 0.308 e. The van der Waals surface area contributed by atoms with Gasteiger partial charge in [0.1, 0.15) is 5.01 Å². The Bertz CT molecular complexity index is 1040. The van der Waals surface area contributed by atoms with Crippen molar-refractivity contribution in [2.24, 2.45) is 5.92 Å². The van der Waals surface area contributed by atoms with E-state index in [0.29, 0.717) is 20.6 Å². The first-order valence-electron chi connectivity index (χ1n) is 8.88. The number of anilines is 1. The van der Waals surface area contributed by atoms with Crippen molar-refractivity contribution in [2.75, 3.05) is 5.32 Å². The number of hydrogen-bond acceptors (Lipinski definition) is 4. The summed E-state index contributed by atoms with van der Waals surface area (Å²) < 4.78 is 0. The summed E-state index contributed by atoms with van der Waals surface area (Å²) in [7, 11) is 0. The molecular formula is C21H17ClN2O3S. The van der Waals surface area contributed by atoms with Crippen LogP contribution in [0.15, 0.2) is 48.5 Å². The van der Waals surface area contributed by atoms with Crippen molar-refractivity contribution < 1.29 is 14.7 Å². The highest BCUT2D eigenvalue weighted by Crippen LogP contribution is 2.36. The van der Waals surface area contributed by atoms with E-state index < -0.39 is 5.97 Å². The van der Waals surface area contributed by atoms with Crippen molar-refractivity contribution in [1.29, 1.82) is 0 Å². The molecule has 5 nitrogen and oxygen atoms in total. The number of aliphatic carboxylic acids is 1. The zero-order chi connectivity index (χ0) is 19.7. The summed E-state index contributed by atoms with van der Waals surface area (Å²) >= 11 is 7.31. The lowest BCUT2D eigenvalue weighted by atomic mass is 10.1. The number of nitrogens with one attached hydrogen (secondary N) is 1.